The van der Waals surface area contributed by atoms with E-state index < -0.39 is 0 Å². The maximum absolute atomic E-state index is 12.1. The van der Waals surface area contributed by atoms with Crippen molar-refractivity contribution in [3.05, 3.63) is 30.1 Å². The lowest BCUT2D eigenvalue weighted by Gasteiger charge is -2.20. The molecule has 0 bridgehead atoms. The molecule has 0 spiro atoms. The van der Waals surface area contributed by atoms with Crippen molar-refractivity contribution < 1.29 is 4.79 Å². The highest BCUT2D eigenvalue weighted by atomic mass is 16.1. The first-order chi connectivity index (χ1) is 8.54. The average molecular weight is 249 g/mol. The molecule has 4 nitrogen and oxygen atoms in total. The molecule has 0 saturated heterocycles. The Labute approximate surface area is 109 Å². The van der Waals surface area contributed by atoms with Gasteiger partial charge in [-0.3, -0.25) is 9.78 Å². The van der Waals surface area contributed by atoms with Crippen LogP contribution in [-0.4, -0.2) is 17.4 Å². The van der Waals surface area contributed by atoms with Crippen molar-refractivity contribution in [2.45, 2.75) is 33.2 Å². The number of amides is 1. The lowest BCUT2D eigenvalue weighted by atomic mass is 9.96. The summed E-state index contributed by atoms with van der Waals surface area (Å²) in [6.07, 6.45) is 4.31. The number of rotatable bonds is 6. The van der Waals surface area contributed by atoms with Gasteiger partial charge in [0, 0.05) is 18.9 Å². The van der Waals surface area contributed by atoms with E-state index in [2.05, 4.69) is 24.1 Å². The highest BCUT2D eigenvalue weighted by Crippen LogP contribution is 2.14. The summed E-state index contributed by atoms with van der Waals surface area (Å²) >= 11 is 0. The van der Waals surface area contributed by atoms with Crippen molar-refractivity contribution in [2.24, 2.45) is 17.6 Å². The minimum absolute atomic E-state index is 0.0301. The number of carbonyl (C=O) groups excluding carboxylic acids is 1. The predicted octanol–water partition coefficient (Wildman–Crippen LogP) is 1.88. The molecule has 1 heterocycles. The first-order valence-corrected chi connectivity index (χ1v) is 6.45. The van der Waals surface area contributed by atoms with E-state index >= 15 is 0 Å². The molecule has 100 valence electrons. The van der Waals surface area contributed by atoms with Gasteiger partial charge in [-0.25, -0.2) is 0 Å². The molecule has 3 N–H and O–H groups in total. The van der Waals surface area contributed by atoms with E-state index in [1.54, 1.807) is 12.4 Å². The maximum atomic E-state index is 12.1. The second-order valence-corrected chi connectivity index (χ2v) is 5.08. The van der Waals surface area contributed by atoms with Gasteiger partial charge in [-0.05, 0) is 30.9 Å². The Kier molecular flexibility index (Phi) is 5.78. The molecule has 4 heteroatoms. The van der Waals surface area contributed by atoms with E-state index in [0.29, 0.717) is 12.5 Å². The van der Waals surface area contributed by atoms with Crippen molar-refractivity contribution in [1.82, 2.24) is 10.3 Å². The SMILES string of the molecule is CC(C)CC(CN)C(=O)N[C@@H](C)c1cccnc1. The number of carbonyl (C=O) groups is 1. The highest BCUT2D eigenvalue weighted by Gasteiger charge is 2.20. The van der Waals surface area contributed by atoms with Crippen molar-refractivity contribution in [3.8, 4) is 0 Å². The molecular weight excluding hydrogens is 226 g/mol. The smallest absolute Gasteiger partial charge is 0.224 e. The second-order valence-electron chi connectivity index (χ2n) is 5.08. The quantitative estimate of drug-likeness (QED) is 0.809. The van der Waals surface area contributed by atoms with E-state index in [1.165, 1.54) is 0 Å². The Morgan fingerprint density at radius 2 is 2.17 bits per heavy atom. The van der Waals surface area contributed by atoms with Gasteiger partial charge in [0.05, 0.1) is 12.0 Å². The van der Waals surface area contributed by atoms with Crippen molar-refractivity contribution in [1.29, 1.82) is 0 Å². The van der Waals surface area contributed by atoms with E-state index in [0.717, 1.165) is 12.0 Å². The highest BCUT2D eigenvalue weighted by molar-refractivity contribution is 5.79. The van der Waals surface area contributed by atoms with Crippen LogP contribution in [0.1, 0.15) is 38.8 Å². The summed E-state index contributed by atoms with van der Waals surface area (Å²) in [6.45, 7) is 6.54. The summed E-state index contributed by atoms with van der Waals surface area (Å²) < 4.78 is 0. The van der Waals surface area contributed by atoms with Gasteiger partial charge < -0.3 is 11.1 Å². The Bertz CT molecular complexity index is 365. The maximum Gasteiger partial charge on any atom is 0.224 e. The summed E-state index contributed by atoms with van der Waals surface area (Å²) in [7, 11) is 0. The summed E-state index contributed by atoms with van der Waals surface area (Å²) in [4.78, 5) is 16.1. The minimum Gasteiger partial charge on any atom is -0.349 e. The van der Waals surface area contributed by atoms with E-state index in [4.69, 9.17) is 5.73 Å². The molecule has 0 fully saturated rings. The first kappa shape index (κ1) is 14.6. The number of nitrogens with two attached hydrogens (primary N) is 1. The van der Waals surface area contributed by atoms with Crippen LogP contribution < -0.4 is 11.1 Å². The van der Waals surface area contributed by atoms with E-state index in [-0.39, 0.29) is 17.9 Å². The van der Waals surface area contributed by atoms with Crippen LogP contribution in [0, 0.1) is 11.8 Å². The third kappa shape index (κ3) is 4.45. The molecule has 0 aliphatic rings. The normalized spacial score (nSPS) is 14.3. The molecule has 2 atom stereocenters. The summed E-state index contributed by atoms with van der Waals surface area (Å²) in [6, 6.07) is 3.79. The van der Waals surface area contributed by atoms with Crippen LogP contribution in [0.25, 0.3) is 0 Å². The van der Waals surface area contributed by atoms with Gasteiger partial charge >= 0.3 is 0 Å². The molecule has 0 aliphatic carbocycles. The molecule has 0 saturated carbocycles. The number of hydrogen-bond donors (Lipinski definition) is 2. The number of pyridine rings is 1. The van der Waals surface area contributed by atoms with Gasteiger partial charge in [-0.15, -0.1) is 0 Å². The molecular formula is C14H23N3O. The van der Waals surface area contributed by atoms with Gasteiger partial charge in [0.2, 0.25) is 5.91 Å². The van der Waals surface area contributed by atoms with Crippen LogP contribution in [0.3, 0.4) is 0 Å². The van der Waals surface area contributed by atoms with Gasteiger partial charge in [0.1, 0.15) is 0 Å². The Balaban J connectivity index is 2.58. The van der Waals surface area contributed by atoms with Gasteiger partial charge in [0.15, 0.2) is 0 Å². The number of hydrogen-bond acceptors (Lipinski definition) is 3. The Morgan fingerprint density at radius 3 is 2.67 bits per heavy atom. The number of nitrogens with one attached hydrogen (secondary N) is 1. The first-order valence-electron chi connectivity index (χ1n) is 6.45. The zero-order valence-corrected chi connectivity index (χ0v) is 11.4. The monoisotopic (exact) mass is 249 g/mol. The molecule has 1 aromatic rings. The molecule has 0 aromatic carbocycles. The van der Waals surface area contributed by atoms with Crippen LogP contribution in [0.2, 0.25) is 0 Å². The fourth-order valence-electron chi connectivity index (χ4n) is 1.93. The average Bonchev–Trinajstić information content (AvgIpc) is 2.36. The Morgan fingerprint density at radius 1 is 1.44 bits per heavy atom. The fraction of sp³-hybridized carbons (Fsp3) is 0.571. The standard InChI is InChI=1S/C14H23N3O/c1-10(2)7-13(8-15)14(18)17-11(3)12-5-4-6-16-9-12/h4-6,9-11,13H,7-8,15H2,1-3H3,(H,17,18)/t11-,13?/m0/s1. The lowest BCUT2D eigenvalue weighted by Crippen LogP contribution is -2.37. The van der Waals surface area contributed by atoms with E-state index in [1.807, 2.05) is 19.1 Å². The minimum atomic E-state index is -0.107. The number of nitrogens with zero attached hydrogens (tertiary/aromatic N) is 1. The molecule has 18 heavy (non-hydrogen) atoms. The lowest BCUT2D eigenvalue weighted by molar-refractivity contribution is -0.125. The fourth-order valence-corrected chi connectivity index (χ4v) is 1.93. The van der Waals surface area contributed by atoms with E-state index in [9.17, 15) is 4.79 Å². The molecule has 0 aliphatic heterocycles. The molecule has 0 radical (unpaired) electrons. The number of aromatic nitrogens is 1. The predicted molar refractivity (Wildman–Crippen MR) is 72.8 cm³/mol. The third-order valence-electron chi connectivity index (χ3n) is 2.95. The molecule has 1 aromatic heterocycles. The molecule has 1 amide bonds. The molecule has 1 rings (SSSR count). The molecule has 1 unspecified atom stereocenters. The van der Waals surface area contributed by atoms with Crippen LogP contribution in [0.5, 0.6) is 0 Å². The van der Waals surface area contributed by atoms with Crippen molar-refractivity contribution in [3.63, 3.8) is 0 Å². The van der Waals surface area contributed by atoms with Gasteiger partial charge in [0.25, 0.3) is 0 Å². The van der Waals surface area contributed by atoms with Crippen LogP contribution in [0.15, 0.2) is 24.5 Å². The van der Waals surface area contributed by atoms with Crippen molar-refractivity contribution in [2.75, 3.05) is 6.54 Å². The second kappa shape index (κ2) is 7.11. The van der Waals surface area contributed by atoms with Crippen molar-refractivity contribution >= 4 is 5.91 Å². The summed E-state index contributed by atoms with van der Waals surface area (Å²) in [5, 5.41) is 2.99. The van der Waals surface area contributed by atoms with Crippen LogP contribution in [-0.2, 0) is 4.79 Å². The topological polar surface area (TPSA) is 68.0 Å². The van der Waals surface area contributed by atoms with Crippen LogP contribution in [0.4, 0.5) is 0 Å². The van der Waals surface area contributed by atoms with Gasteiger partial charge in [-0.2, -0.15) is 0 Å². The Hall–Kier alpha value is -1.42. The zero-order chi connectivity index (χ0) is 13.5. The summed E-state index contributed by atoms with van der Waals surface area (Å²) in [5.41, 5.74) is 6.67. The van der Waals surface area contributed by atoms with Gasteiger partial charge in [-0.1, -0.05) is 19.9 Å². The summed E-state index contributed by atoms with van der Waals surface area (Å²) in [5.74, 6) is 0.393. The largest absolute Gasteiger partial charge is 0.349 e. The van der Waals surface area contributed by atoms with Crippen LogP contribution >= 0.6 is 0 Å². The zero-order valence-electron chi connectivity index (χ0n) is 11.4. The third-order valence-corrected chi connectivity index (χ3v) is 2.95.